The molecule has 0 saturated carbocycles. The molecule has 1 aromatic rings. The highest BCUT2D eigenvalue weighted by Crippen LogP contribution is 2.04. The number of hydrogen-bond donors (Lipinski definition) is 0. The lowest BCUT2D eigenvalue weighted by Crippen LogP contribution is -1.78. The Hall–Kier alpha value is -1.05. The van der Waals surface area contributed by atoms with Gasteiger partial charge < -0.3 is 9.21 Å². The maximum absolute atomic E-state index is 9.92. The Morgan fingerprint density at radius 1 is 1.78 bits per heavy atom. The molecule has 2 nitrogen and oxygen atoms in total. The largest absolute Gasteiger partial charge is 0.469 e. The van der Waals surface area contributed by atoms with E-state index in [0.717, 1.165) is 17.6 Å². The summed E-state index contributed by atoms with van der Waals surface area (Å²) in [7, 11) is 0. The Labute approximate surface area is 53.5 Å². The third kappa shape index (κ3) is 1.42. The maximum Gasteiger partial charge on any atom is 0.127 e. The molecular weight excluding hydrogens is 116 g/mol. The van der Waals surface area contributed by atoms with Crippen molar-refractivity contribution in [1.29, 1.82) is 0 Å². The van der Waals surface area contributed by atoms with Crippen molar-refractivity contribution >= 4 is 6.29 Å². The van der Waals surface area contributed by atoms with Gasteiger partial charge in [-0.15, -0.1) is 0 Å². The molecule has 2 heteroatoms. The molecule has 0 aliphatic carbocycles. The van der Waals surface area contributed by atoms with Gasteiger partial charge in [-0.1, -0.05) is 0 Å². The van der Waals surface area contributed by atoms with Crippen LogP contribution in [0.4, 0.5) is 0 Å². The number of furan rings is 1. The Kier molecular flexibility index (Phi) is 1.68. The minimum Gasteiger partial charge on any atom is -0.469 e. The van der Waals surface area contributed by atoms with Crippen LogP contribution in [0.3, 0.4) is 0 Å². The van der Waals surface area contributed by atoms with Crippen LogP contribution in [0.15, 0.2) is 16.7 Å². The van der Waals surface area contributed by atoms with Gasteiger partial charge >= 0.3 is 0 Å². The van der Waals surface area contributed by atoms with Crippen molar-refractivity contribution in [1.82, 2.24) is 0 Å². The summed E-state index contributed by atoms with van der Waals surface area (Å²) in [4.78, 5) is 9.92. The molecule has 0 saturated heterocycles. The van der Waals surface area contributed by atoms with Crippen LogP contribution < -0.4 is 0 Å². The third-order valence-electron chi connectivity index (χ3n) is 1.07. The zero-order valence-electron chi connectivity index (χ0n) is 5.26. The topological polar surface area (TPSA) is 30.2 Å². The molecule has 48 valence electrons. The zero-order valence-corrected chi connectivity index (χ0v) is 5.26. The van der Waals surface area contributed by atoms with Crippen LogP contribution >= 0.6 is 0 Å². The van der Waals surface area contributed by atoms with Crippen LogP contribution in [-0.2, 0) is 11.2 Å². The van der Waals surface area contributed by atoms with Gasteiger partial charge in [-0.2, -0.15) is 0 Å². The van der Waals surface area contributed by atoms with E-state index in [1.807, 2.05) is 13.0 Å². The van der Waals surface area contributed by atoms with Gasteiger partial charge in [-0.3, -0.25) is 0 Å². The molecule has 0 aromatic carbocycles. The lowest BCUT2D eigenvalue weighted by Gasteiger charge is -1.79. The van der Waals surface area contributed by atoms with Crippen LogP contribution in [0, 0.1) is 6.92 Å². The minimum absolute atomic E-state index is 0.383. The monoisotopic (exact) mass is 124 g/mol. The molecule has 0 aliphatic heterocycles. The van der Waals surface area contributed by atoms with Crippen molar-refractivity contribution in [2.45, 2.75) is 13.3 Å². The predicted octanol–water partition coefficient (Wildman–Crippen LogP) is 1.33. The van der Waals surface area contributed by atoms with Crippen molar-refractivity contribution in [3.63, 3.8) is 0 Å². The zero-order chi connectivity index (χ0) is 6.69. The van der Waals surface area contributed by atoms with E-state index >= 15 is 0 Å². The first-order chi connectivity index (χ1) is 4.33. The first-order valence-corrected chi connectivity index (χ1v) is 2.80. The molecule has 1 aromatic heterocycles. The van der Waals surface area contributed by atoms with Crippen LogP contribution in [0.2, 0.25) is 0 Å². The van der Waals surface area contributed by atoms with Gasteiger partial charge in [-0.05, 0) is 18.6 Å². The summed E-state index contributed by atoms with van der Waals surface area (Å²) in [5, 5.41) is 0. The molecule has 0 bridgehead atoms. The highest BCUT2D eigenvalue weighted by atomic mass is 16.3. The van der Waals surface area contributed by atoms with Crippen molar-refractivity contribution in [2.75, 3.05) is 0 Å². The van der Waals surface area contributed by atoms with E-state index in [0.29, 0.717) is 6.42 Å². The maximum atomic E-state index is 9.92. The number of hydrogen-bond acceptors (Lipinski definition) is 2. The molecular formula is C7H8O2. The number of aryl methyl sites for hydroxylation is 1. The van der Waals surface area contributed by atoms with Gasteiger partial charge in [0.1, 0.15) is 12.0 Å². The van der Waals surface area contributed by atoms with E-state index in [4.69, 9.17) is 4.42 Å². The van der Waals surface area contributed by atoms with Crippen LogP contribution in [-0.4, -0.2) is 6.29 Å². The molecule has 0 radical (unpaired) electrons. The Morgan fingerprint density at radius 3 is 3.00 bits per heavy atom. The summed E-state index contributed by atoms with van der Waals surface area (Å²) in [6.07, 6.45) is 2.85. The van der Waals surface area contributed by atoms with Crippen LogP contribution in [0.1, 0.15) is 11.3 Å². The number of aldehydes is 1. The van der Waals surface area contributed by atoms with Gasteiger partial charge in [0.2, 0.25) is 0 Å². The van der Waals surface area contributed by atoms with E-state index in [1.54, 1.807) is 6.26 Å². The summed E-state index contributed by atoms with van der Waals surface area (Å²) in [5.41, 5.74) is 1.06. The summed E-state index contributed by atoms with van der Waals surface area (Å²) >= 11 is 0. The summed E-state index contributed by atoms with van der Waals surface area (Å²) in [6, 6.07) is 1.86. The van der Waals surface area contributed by atoms with Gasteiger partial charge in [0.05, 0.1) is 12.7 Å². The molecule has 0 fully saturated rings. The summed E-state index contributed by atoms with van der Waals surface area (Å²) < 4.78 is 4.97. The summed E-state index contributed by atoms with van der Waals surface area (Å²) in [5.74, 6) is 0.738. The summed E-state index contributed by atoms with van der Waals surface area (Å²) in [6.45, 7) is 1.93. The van der Waals surface area contributed by atoms with E-state index in [2.05, 4.69) is 0 Å². The Balaban J connectivity index is 2.72. The van der Waals surface area contributed by atoms with Gasteiger partial charge in [0, 0.05) is 0 Å². The fraction of sp³-hybridized carbons (Fsp3) is 0.286. The smallest absolute Gasteiger partial charge is 0.127 e. The number of carbonyl (C=O) groups excluding carboxylic acids is 1. The van der Waals surface area contributed by atoms with Gasteiger partial charge in [-0.25, -0.2) is 0 Å². The van der Waals surface area contributed by atoms with Crippen molar-refractivity contribution in [2.24, 2.45) is 0 Å². The van der Waals surface area contributed by atoms with Crippen molar-refractivity contribution in [3.8, 4) is 0 Å². The SMILES string of the molecule is Cc1coc(CC=O)c1. The molecule has 0 atom stereocenters. The fourth-order valence-electron chi connectivity index (χ4n) is 0.680. The second kappa shape index (κ2) is 2.49. The quantitative estimate of drug-likeness (QED) is 0.557. The first-order valence-electron chi connectivity index (χ1n) is 2.80. The normalized spacial score (nSPS) is 9.44. The fourth-order valence-corrected chi connectivity index (χ4v) is 0.680. The molecule has 0 unspecified atom stereocenters. The van der Waals surface area contributed by atoms with E-state index in [1.165, 1.54) is 0 Å². The van der Waals surface area contributed by atoms with Crippen LogP contribution in [0.5, 0.6) is 0 Å². The molecule has 1 rings (SSSR count). The van der Waals surface area contributed by atoms with E-state index in [-0.39, 0.29) is 0 Å². The molecule has 0 spiro atoms. The highest BCUT2D eigenvalue weighted by Gasteiger charge is 1.94. The van der Waals surface area contributed by atoms with E-state index < -0.39 is 0 Å². The molecule has 0 aliphatic rings. The molecule has 1 heterocycles. The molecule has 0 N–H and O–H groups in total. The molecule has 9 heavy (non-hydrogen) atoms. The van der Waals surface area contributed by atoms with Crippen LogP contribution in [0.25, 0.3) is 0 Å². The van der Waals surface area contributed by atoms with E-state index in [9.17, 15) is 4.79 Å². The lowest BCUT2D eigenvalue weighted by atomic mass is 10.3. The standard InChI is InChI=1S/C7H8O2/c1-6-4-7(2-3-8)9-5-6/h3-5H,2H2,1H3. The number of carbonyl (C=O) groups is 1. The third-order valence-corrected chi connectivity index (χ3v) is 1.07. The minimum atomic E-state index is 0.383. The van der Waals surface area contributed by atoms with Crippen molar-refractivity contribution < 1.29 is 9.21 Å². The second-order valence-corrected chi connectivity index (χ2v) is 1.96. The number of rotatable bonds is 2. The average molecular weight is 124 g/mol. The first kappa shape index (κ1) is 6.08. The lowest BCUT2D eigenvalue weighted by molar-refractivity contribution is -0.107. The highest BCUT2D eigenvalue weighted by molar-refractivity contribution is 5.53. The molecule has 0 amide bonds. The van der Waals surface area contributed by atoms with Gasteiger partial charge in [0.15, 0.2) is 0 Å². The predicted molar refractivity (Wildman–Crippen MR) is 33.2 cm³/mol. The second-order valence-electron chi connectivity index (χ2n) is 1.96. The Bertz CT molecular complexity index is 200. The average Bonchev–Trinajstić information content (AvgIpc) is 2.17. The van der Waals surface area contributed by atoms with Crippen molar-refractivity contribution in [3.05, 3.63) is 23.7 Å². The van der Waals surface area contributed by atoms with Gasteiger partial charge in [0.25, 0.3) is 0 Å². The Morgan fingerprint density at radius 2 is 2.56 bits per heavy atom.